The maximum Gasteiger partial charge on any atom is 0.0592 e. The number of aromatic nitrogens is 1. The molecule has 1 aliphatic rings. The van der Waals surface area contributed by atoms with Crippen molar-refractivity contribution >= 4 is 21.6 Å². The summed E-state index contributed by atoms with van der Waals surface area (Å²) in [6.45, 7) is 2.28. The summed E-state index contributed by atoms with van der Waals surface area (Å²) >= 11 is 3.59. The van der Waals surface area contributed by atoms with Crippen LogP contribution in [0.4, 0.5) is 5.69 Å². The van der Waals surface area contributed by atoms with Gasteiger partial charge in [0.05, 0.1) is 10.2 Å². The molecule has 0 aromatic carbocycles. The minimum absolute atomic E-state index is 0.723. The second-order valence-corrected chi connectivity index (χ2v) is 5.72. The van der Waals surface area contributed by atoms with Gasteiger partial charge in [-0.3, -0.25) is 4.98 Å². The molecule has 0 N–H and O–H groups in total. The molecule has 4 heteroatoms. The fraction of sp³-hybridized carbons (Fsp3) is 0.615. The number of pyridine rings is 1. The Morgan fingerprint density at radius 1 is 1.35 bits per heavy atom. The van der Waals surface area contributed by atoms with Crippen LogP contribution in [0, 0.1) is 0 Å². The van der Waals surface area contributed by atoms with Crippen LogP contribution in [-0.2, 0) is 0 Å². The van der Waals surface area contributed by atoms with Gasteiger partial charge >= 0.3 is 0 Å². The van der Waals surface area contributed by atoms with Gasteiger partial charge < -0.3 is 9.80 Å². The molecule has 2 rings (SSSR count). The summed E-state index contributed by atoms with van der Waals surface area (Å²) < 4.78 is 1.10. The van der Waals surface area contributed by atoms with Crippen molar-refractivity contribution < 1.29 is 0 Å². The van der Waals surface area contributed by atoms with Crippen LogP contribution < -0.4 is 4.90 Å². The molecule has 1 aromatic heterocycles. The zero-order valence-corrected chi connectivity index (χ0v) is 12.2. The summed E-state index contributed by atoms with van der Waals surface area (Å²) in [5.41, 5.74) is 1.28. The Bertz CT molecular complexity index is 367. The van der Waals surface area contributed by atoms with Gasteiger partial charge in [-0.2, -0.15) is 0 Å². The summed E-state index contributed by atoms with van der Waals surface area (Å²) in [6.07, 6.45) is 7.55. The lowest BCUT2D eigenvalue weighted by molar-refractivity contribution is 0.272. The second-order valence-electron chi connectivity index (χ2n) is 4.86. The smallest absolute Gasteiger partial charge is 0.0592 e. The fourth-order valence-corrected chi connectivity index (χ4v) is 2.96. The van der Waals surface area contributed by atoms with Crippen LogP contribution in [0.3, 0.4) is 0 Å². The van der Waals surface area contributed by atoms with E-state index in [1.807, 2.05) is 12.4 Å². The first-order chi connectivity index (χ1) is 8.18. The molecule has 0 aliphatic carbocycles. The average Bonchev–Trinajstić information content (AvgIpc) is 2.55. The van der Waals surface area contributed by atoms with Gasteiger partial charge in [-0.1, -0.05) is 0 Å². The van der Waals surface area contributed by atoms with Crippen molar-refractivity contribution in [2.75, 3.05) is 32.1 Å². The lowest BCUT2D eigenvalue weighted by atomic mass is 10.1. The molecule has 0 amide bonds. The van der Waals surface area contributed by atoms with E-state index in [4.69, 9.17) is 0 Å². The highest BCUT2D eigenvalue weighted by atomic mass is 79.9. The van der Waals surface area contributed by atoms with Crippen molar-refractivity contribution in [2.24, 2.45) is 0 Å². The third-order valence-electron chi connectivity index (χ3n) is 3.52. The Labute approximate surface area is 112 Å². The topological polar surface area (TPSA) is 19.4 Å². The average molecular weight is 298 g/mol. The summed E-state index contributed by atoms with van der Waals surface area (Å²) in [5.74, 6) is 0. The number of hydrogen-bond acceptors (Lipinski definition) is 3. The van der Waals surface area contributed by atoms with E-state index in [0.29, 0.717) is 0 Å². The van der Waals surface area contributed by atoms with E-state index in [1.165, 1.54) is 24.9 Å². The lowest BCUT2D eigenvalue weighted by Crippen LogP contribution is -2.30. The summed E-state index contributed by atoms with van der Waals surface area (Å²) in [6, 6.07) is 2.82. The third-order valence-corrected chi connectivity index (χ3v) is 4.13. The van der Waals surface area contributed by atoms with Gasteiger partial charge in [0.25, 0.3) is 0 Å². The quantitative estimate of drug-likeness (QED) is 0.837. The van der Waals surface area contributed by atoms with E-state index in [-0.39, 0.29) is 0 Å². The van der Waals surface area contributed by atoms with Crippen LogP contribution in [0.25, 0.3) is 0 Å². The summed E-state index contributed by atoms with van der Waals surface area (Å²) in [4.78, 5) is 8.94. The van der Waals surface area contributed by atoms with Crippen LogP contribution in [0.15, 0.2) is 22.9 Å². The SMILES string of the molecule is CN(C)C1CCCN(c2ccncc2Br)CC1. The second kappa shape index (κ2) is 5.83. The van der Waals surface area contributed by atoms with Crippen molar-refractivity contribution in [3.8, 4) is 0 Å². The van der Waals surface area contributed by atoms with Crippen molar-refractivity contribution in [3.05, 3.63) is 22.9 Å². The molecular weight excluding hydrogens is 278 g/mol. The first kappa shape index (κ1) is 12.8. The Kier molecular flexibility index (Phi) is 4.40. The first-order valence-electron chi connectivity index (χ1n) is 6.19. The highest BCUT2D eigenvalue weighted by Gasteiger charge is 2.19. The zero-order chi connectivity index (χ0) is 12.3. The van der Waals surface area contributed by atoms with Gasteiger partial charge in [0.2, 0.25) is 0 Å². The van der Waals surface area contributed by atoms with Gasteiger partial charge in [-0.15, -0.1) is 0 Å². The Morgan fingerprint density at radius 2 is 2.18 bits per heavy atom. The van der Waals surface area contributed by atoms with Crippen molar-refractivity contribution in [3.63, 3.8) is 0 Å². The molecule has 0 saturated carbocycles. The normalized spacial score (nSPS) is 21.6. The number of halogens is 1. The molecule has 2 heterocycles. The predicted molar refractivity (Wildman–Crippen MR) is 75.5 cm³/mol. The minimum Gasteiger partial charge on any atom is -0.370 e. The molecule has 0 radical (unpaired) electrons. The predicted octanol–water partition coefficient (Wildman–Crippen LogP) is 2.76. The van der Waals surface area contributed by atoms with Crippen LogP contribution in [0.5, 0.6) is 0 Å². The minimum atomic E-state index is 0.723. The lowest BCUT2D eigenvalue weighted by Gasteiger charge is -2.25. The number of rotatable bonds is 2. The van der Waals surface area contributed by atoms with Gasteiger partial charge in [-0.25, -0.2) is 0 Å². The van der Waals surface area contributed by atoms with E-state index in [1.54, 1.807) is 0 Å². The molecule has 94 valence electrons. The molecule has 0 spiro atoms. The van der Waals surface area contributed by atoms with E-state index in [2.05, 4.69) is 50.9 Å². The van der Waals surface area contributed by atoms with E-state index < -0.39 is 0 Å². The molecule has 1 fully saturated rings. The van der Waals surface area contributed by atoms with Crippen molar-refractivity contribution in [2.45, 2.75) is 25.3 Å². The number of hydrogen-bond donors (Lipinski definition) is 0. The van der Waals surface area contributed by atoms with Gasteiger partial charge in [-0.05, 0) is 55.4 Å². The molecule has 0 bridgehead atoms. The molecular formula is C13H20BrN3. The van der Waals surface area contributed by atoms with E-state index >= 15 is 0 Å². The Hall–Kier alpha value is -0.610. The zero-order valence-electron chi connectivity index (χ0n) is 10.6. The molecule has 1 aliphatic heterocycles. The summed E-state index contributed by atoms with van der Waals surface area (Å²) in [5, 5.41) is 0. The molecule has 1 saturated heterocycles. The van der Waals surface area contributed by atoms with Crippen molar-refractivity contribution in [1.82, 2.24) is 9.88 Å². The monoisotopic (exact) mass is 297 g/mol. The van der Waals surface area contributed by atoms with E-state index in [9.17, 15) is 0 Å². The van der Waals surface area contributed by atoms with Crippen LogP contribution in [0.2, 0.25) is 0 Å². The molecule has 17 heavy (non-hydrogen) atoms. The largest absolute Gasteiger partial charge is 0.370 e. The highest BCUT2D eigenvalue weighted by molar-refractivity contribution is 9.10. The third kappa shape index (κ3) is 3.19. The Morgan fingerprint density at radius 3 is 2.88 bits per heavy atom. The van der Waals surface area contributed by atoms with Crippen LogP contribution in [-0.4, -0.2) is 43.1 Å². The van der Waals surface area contributed by atoms with Crippen LogP contribution >= 0.6 is 15.9 Å². The fourth-order valence-electron chi connectivity index (χ4n) is 2.46. The first-order valence-corrected chi connectivity index (χ1v) is 6.98. The van der Waals surface area contributed by atoms with Gasteiger partial charge in [0, 0.05) is 31.5 Å². The highest BCUT2D eigenvalue weighted by Crippen LogP contribution is 2.27. The molecule has 1 atom stereocenters. The van der Waals surface area contributed by atoms with E-state index in [0.717, 1.165) is 23.6 Å². The Balaban J connectivity index is 2.07. The molecule has 1 aromatic rings. The maximum absolute atomic E-state index is 4.12. The molecule has 1 unspecified atom stereocenters. The van der Waals surface area contributed by atoms with Crippen LogP contribution in [0.1, 0.15) is 19.3 Å². The number of anilines is 1. The number of nitrogens with zero attached hydrogens (tertiary/aromatic N) is 3. The van der Waals surface area contributed by atoms with Gasteiger partial charge in [0.1, 0.15) is 0 Å². The van der Waals surface area contributed by atoms with Gasteiger partial charge in [0.15, 0.2) is 0 Å². The molecule has 3 nitrogen and oxygen atoms in total. The summed E-state index contributed by atoms with van der Waals surface area (Å²) in [7, 11) is 4.37. The van der Waals surface area contributed by atoms with Crippen molar-refractivity contribution in [1.29, 1.82) is 0 Å². The standard InChI is InChI=1S/C13H20BrN3/c1-16(2)11-4-3-8-17(9-6-11)13-5-7-15-10-12(13)14/h5,7,10-11H,3-4,6,8-9H2,1-2H3. The maximum atomic E-state index is 4.12.